The average Bonchev–Trinajstić information content (AvgIpc) is 3.46. The monoisotopic (exact) mass is 913 g/mol. The van der Waals surface area contributed by atoms with Gasteiger partial charge >= 0.3 is 46.3 Å². The normalized spacial score (nSPS) is 11.5. The van der Waals surface area contributed by atoms with Gasteiger partial charge in [-0.25, -0.2) is 31.0 Å². The summed E-state index contributed by atoms with van der Waals surface area (Å²) in [6.07, 6.45) is 0. The van der Waals surface area contributed by atoms with Crippen molar-refractivity contribution in [1.29, 1.82) is 0 Å². The van der Waals surface area contributed by atoms with Crippen LogP contribution in [0.4, 0.5) is 28.4 Å². The van der Waals surface area contributed by atoms with Crippen molar-refractivity contribution in [2.75, 3.05) is 19.4 Å². The fourth-order valence-electron chi connectivity index (χ4n) is 5.03. The van der Waals surface area contributed by atoms with Crippen LogP contribution >= 0.6 is 11.6 Å². The van der Waals surface area contributed by atoms with E-state index in [1.807, 2.05) is 0 Å². The van der Waals surface area contributed by atoms with Gasteiger partial charge in [0.05, 0.1) is 43.9 Å². The maximum Gasteiger partial charge on any atom is 3.00 e. The van der Waals surface area contributed by atoms with E-state index in [0.717, 1.165) is 41.1 Å². The number of carbonyl (C=O) groups is 1. The van der Waals surface area contributed by atoms with Gasteiger partial charge in [-0.1, -0.05) is 65.2 Å². The summed E-state index contributed by atoms with van der Waals surface area (Å²) in [5.74, 6) is -2.42. The second kappa shape index (κ2) is 20.3. The number of hydrogen-bond acceptors (Lipinski definition) is 14. The molecule has 0 bridgehead atoms. The van der Waals surface area contributed by atoms with Crippen molar-refractivity contribution in [3.05, 3.63) is 102 Å². The van der Waals surface area contributed by atoms with Crippen LogP contribution in [0.25, 0.3) is 16.5 Å². The van der Waals surface area contributed by atoms with Crippen molar-refractivity contribution in [1.82, 2.24) is 19.2 Å². The van der Waals surface area contributed by atoms with Gasteiger partial charge in [-0.15, -0.1) is 5.11 Å². The summed E-state index contributed by atoms with van der Waals surface area (Å²) in [5.41, 5.74) is 0.574. The van der Waals surface area contributed by atoms with Crippen LogP contribution in [-0.2, 0) is 41.6 Å². The molecule has 18 nitrogen and oxygen atoms in total. The Morgan fingerprint density at radius 3 is 1.73 bits per heavy atom. The molecule has 6 rings (SSSR count). The Morgan fingerprint density at radius 2 is 1.22 bits per heavy atom. The molecular weight excluding hydrogens is 884 g/mol. The molecule has 1 amide bonds. The van der Waals surface area contributed by atoms with Crippen molar-refractivity contribution in [3.8, 4) is 28.8 Å². The summed E-state index contributed by atoms with van der Waals surface area (Å²) in [5, 5.41) is 72.7. The Labute approximate surface area is 375 Å². The van der Waals surface area contributed by atoms with E-state index in [-0.39, 0.29) is 84.8 Å². The van der Waals surface area contributed by atoms with Gasteiger partial charge in [-0.2, -0.15) is 20.4 Å². The first-order valence-electron chi connectivity index (χ1n) is 16.3. The number of nitrogens with zero attached hydrogens (tertiary/aromatic N) is 6. The molecule has 3 N–H and O–H groups in total. The predicted molar refractivity (Wildman–Crippen MR) is 203 cm³/mol. The number of nitrogens with one attached hydrogen (secondary N) is 3. The maximum atomic E-state index is 12.6. The van der Waals surface area contributed by atoms with E-state index in [2.05, 4.69) is 40.3 Å². The van der Waals surface area contributed by atoms with E-state index in [1.54, 1.807) is 55.5 Å². The van der Waals surface area contributed by atoms with Gasteiger partial charge in [-0.05, 0) is 81.0 Å². The molecule has 0 radical (unpaired) electrons. The summed E-state index contributed by atoms with van der Waals surface area (Å²) < 4.78 is 53.1. The summed E-state index contributed by atoms with van der Waals surface area (Å²) >= 11 is 5.84. The van der Waals surface area contributed by atoms with Crippen LogP contribution in [0.2, 0.25) is 5.02 Å². The van der Waals surface area contributed by atoms with Crippen LogP contribution in [0.5, 0.6) is 23.1 Å². The van der Waals surface area contributed by atoms with Crippen molar-refractivity contribution < 1.29 is 88.4 Å². The fraction of sp³-hybridized carbons (Fsp3) is 0.111. The van der Waals surface area contributed by atoms with Crippen LogP contribution in [0, 0.1) is 6.92 Å². The molecule has 302 valence electrons. The van der Waals surface area contributed by atoms with Crippen molar-refractivity contribution >= 4 is 76.8 Å². The standard InChI is InChI=1S/C19H18N4O5S.C17H16ClN5O4S.Co.Na/c1-11(24)21-14-5-3-4-12-6-8-17(26)19(18(12)14)23-22-15-10-13(7-9-16(15)25)29(27,28)20-2;1-10-16(17(25)23(22-10)12-5-3-11(18)4-6-12)21-20-14-9-13(7-8-15(14)24)28(26,27)19-2;;/h3-10,20,25-26H,1-2H3,(H,21,24);3-9,19,24-25H,1-2H3;;/q;;+3;+1/p-4. The Morgan fingerprint density at radius 1 is 0.712 bits per heavy atom. The number of rotatable bonds is 10. The zero-order chi connectivity index (χ0) is 41.7. The molecule has 0 spiro atoms. The van der Waals surface area contributed by atoms with Crippen LogP contribution in [0.1, 0.15) is 12.6 Å². The first kappa shape index (κ1) is 48.4. The molecule has 0 aliphatic rings. The number of fused-ring (bicyclic) bond motifs is 1. The van der Waals surface area contributed by atoms with Crippen molar-refractivity contribution in [2.45, 2.75) is 23.6 Å². The van der Waals surface area contributed by atoms with Crippen LogP contribution < -0.4 is 64.7 Å². The number of aryl methyl sites for hydroxylation is 1. The van der Waals surface area contributed by atoms with Gasteiger partial charge in [0.2, 0.25) is 26.0 Å². The first-order chi connectivity index (χ1) is 26.9. The molecule has 5 aromatic carbocycles. The molecule has 6 aromatic rings. The van der Waals surface area contributed by atoms with Gasteiger partial charge < -0.3 is 25.7 Å². The first-order valence-corrected chi connectivity index (χ1v) is 19.7. The summed E-state index contributed by atoms with van der Waals surface area (Å²) in [6, 6.07) is 21.0. The number of sulfonamides is 2. The number of carbonyl (C=O) groups excluding carboxylic acids is 1. The van der Waals surface area contributed by atoms with Gasteiger partial charge in [0, 0.05) is 23.2 Å². The number of anilines is 1. The molecule has 1 aromatic heterocycles. The van der Waals surface area contributed by atoms with Crippen LogP contribution in [0.3, 0.4) is 0 Å². The maximum absolute atomic E-state index is 12.6. The molecular formula is C36H30ClCoN9NaO9S2. The van der Waals surface area contributed by atoms with Crippen LogP contribution in [-0.4, -0.2) is 46.6 Å². The zero-order valence-electron chi connectivity index (χ0n) is 31.5. The predicted octanol–water partition coefficient (Wildman–Crippen LogP) is 1.58. The average molecular weight is 914 g/mol. The summed E-state index contributed by atoms with van der Waals surface area (Å²) in [6.45, 7) is 2.90. The zero-order valence-corrected chi connectivity index (χ0v) is 37.0. The smallest absolute Gasteiger partial charge is 0.871 e. The Hall–Kier alpha value is -4.94. The van der Waals surface area contributed by atoms with E-state index >= 15 is 0 Å². The second-order valence-electron chi connectivity index (χ2n) is 11.7. The third kappa shape index (κ3) is 11.4. The third-order valence-electron chi connectivity index (χ3n) is 7.89. The van der Waals surface area contributed by atoms with Crippen LogP contribution in [0.15, 0.2) is 121 Å². The Kier molecular flexibility index (Phi) is 16.7. The van der Waals surface area contributed by atoms with Gasteiger partial charge in [0.25, 0.3) is 0 Å². The number of amides is 1. The molecule has 0 aliphatic carbocycles. The van der Waals surface area contributed by atoms with Gasteiger partial charge in [0.1, 0.15) is 5.69 Å². The fourth-order valence-corrected chi connectivity index (χ4v) is 6.66. The minimum absolute atomic E-state index is 0. The quantitative estimate of drug-likeness (QED) is 0.132. The van der Waals surface area contributed by atoms with Gasteiger partial charge in [0.15, 0.2) is 0 Å². The molecule has 0 saturated carbocycles. The number of halogens is 1. The minimum atomic E-state index is -3.78. The second-order valence-corrected chi connectivity index (χ2v) is 15.9. The molecule has 0 saturated heterocycles. The number of aromatic nitrogens is 2. The number of benzene rings is 5. The largest absolute Gasteiger partial charge is 3.00 e. The number of azo groups is 2. The minimum Gasteiger partial charge on any atom is -0.871 e. The molecule has 0 fully saturated rings. The van der Waals surface area contributed by atoms with Crippen molar-refractivity contribution in [2.24, 2.45) is 20.5 Å². The Balaban J connectivity index is 0.000000305. The Bertz CT molecular complexity index is 2790. The van der Waals surface area contributed by atoms with Crippen molar-refractivity contribution in [3.63, 3.8) is 0 Å². The molecule has 59 heavy (non-hydrogen) atoms. The SMILES string of the molecule is CNS(=O)(=O)c1ccc([O-])c(N=Nc2c(C)nn(-c3ccc(Cl)cc3)c2[O-])c1.CNS(=O)(=O)c1ccc([O-])c(N=Nc2c([O-])ccc3cccc(NC(C)=O)c23)c1.[Co+3].[Na+]. The number of hydrogen-bond donors (Lipinski definition) is 3. The summed E-state index contributed by atoms with van der Waals surface area (Å²) in [4.78, 5) is 11.2. The van der Waals surface area contributed by atoms with E-state index in [1.165, 1.54) is 27.1 Å². The molecule has 0 unspecified atom stereocenters. The third-order valence-corrected chi connectivity index (χ3v) is 11.0. The van der Waals surface area contributed by atoms with Gasteiger partial charge in [-0.3, -0.25) is 4.79 Å². The van der Waals surface area contributed by atoms with E-state index in [0.29, 0.717) is 32.9 Å². The van der Waals surface area contributed by atoms with E-state index in [9.17, 15) is 42.1 Å². The molecule has 23 heteroatoms. The summed E-state index contributed by atoms with van der Waals surface area (Å²) in [7, 11) is -5.04. The molecule has 0 atom stereocenters. The topological polar surface area (TPSA) is 281 Å². The van der Waals surface area contributed by atoms with E-state index in [4.69, 9.17) is 11.6 Å². The van der Waals surface area contributed by atoms with E-state index < -0.39 is 43.2 Å². The molecule has 1 heterocycles. The molecule has 0 aliphatic heterocycles.